The number of cyclic esters (lactones) is 1. The summed E-state index contributed by atoms with van der Waals surface area (Å²) in [5.41, 5.74) is 4.56. The molecule has 7 fully saturated rings. The Labute approximate surface area is 378 Å². The molecule has 8 rings (SSSR count). The number of hydrogen-bond donors (Lipinski definition) is 7. The molecule has 0 amide bonds. The number of carbonyl (C=O) groups excluding carboxylic acids is 3. The molecule has 12 heteroatoms. The summed E-state index contributed by atoms with van der Waals surface area (Å²) in [4.78, 5) is 46.1. The van der Waals surface area contributed by atoms with Gasteiger partial charge in [0.1, 0.15) is 19.0 Å². The van der Waals surface area contributed by atoms with Crippen LogP contribution in [0.5, 0.6) is 0 Å². The zero-order valence-electron chi connectivity index (χ0n) is 39.6. The first-order valence-electron chi connectivity index (χ1n) is 26.1. The Morgan fingerprint density at radius 3 is 2.60 bits per heavy atom. The van der Waals surface area contributed by atoms with Crippen molar-refractivity contribution in [3.8, 4) is 0 Å². The van der Waals surface area contributed by atoms with E-state index in [9.17, 15) is 5.11 Å². The first-order valence-corrected chi connectivity index (χ1v) is 26.1. The Morgan fingerprint density at radius 1 is 0.984 bits per heavy atom. The number of allylic oxidation sites excluding steroid dienone is 3. The maximum Gasteiger partial charge on any atom is 0.350 e. The van der Waals surface area contributed by atoms with Crippen molar-refractivity contribution in [1.29, 1.82) is 0 Å². The Balaban J connectivity index is 1.10. The molecule has 4 aliphatic carbocycles. The molecule has 4 heterocycles. The smallest absolute Gasteiger partial charge is 0.350 e. The molecule has 4 aliphatic heterocycles. The minimum absolute atomic E-state index is 0.00503. The largest absolute Gasteiger partial charge is 0.463 e. The Bertz CT molecular complexity index is 1680. The van der Waals surface area contributed by atoms with Crippen LogP contribution in [0.25, 0.3) is 0 Å². The average Bonchev–Trinajstić information content (AvgIpc) is 3.99. The molecule has 1 spiro atoms. The van der Waals surface area contributed by atoms with Crippen LogP contribution in [0.2, 0.25) is 0 Å². The molecule has 12 N–H and O–H groups in total. The van der Waals surface area contributed by atoms with Gasteiger partial charge in [0.25, 0.3) is 5.60 Å². The summed E-state index contributed by atoms with van der Waals surface area (Å²) in [6, 6.07) is 0.324. The number of epoxide rings is 1. The van der Waals surface area contributed by atoms with Crippen LogP contribution in [-0.4, -0.2) is 98.8 Å². The van der Waals surface area contributed by atoms with E-state index in [2.05, 4.69) is 66.6 Å². The number of rotatable bonds is 13. The van der Waals surface area contributed by atoms with Crippen LogP contribution in [-0.2, 0) is 23.9 Å². The van der Waals surface area contributed by atoms with Crippen molar-refractivity contribution in [3.63, 3.8) is 0 Å². The van der Waals surface area contributed by atoms with Gasteiger partial charge < -0.3 is 35.8 Å². The topological polar surface area (TPSA) is 198 Å². The third kappa shape index (κ3) is 9.86. The Hall–Kier alpha value is -2.03. The molecule has 354 valence electrons. The van der Waals surface area contributed by atoms with Gasteiger partial charge in [-0.1, -0.05) is 43.9 Å². The number of nitrogens with one attached hydrogen (secondary N) is 1. The number of ketones is 2. The predicted octanol–water partition coefficient (Wildman–Crippen LogP) is 1.53. The SMILES string of the molecule is CC[NH2+]C1CC2C=CCC3CCCCC(C)(CC4CCC(N)[NH2+]C4)CC4CCCC5C(=O)C6(CC(CO)=C(C)CCC7CC[NH2+]C(NC[NH2+]C)C7)OC6(C(=O)OCC1CC23)C(=O)C45. The number of quaternary nitrogens is 4. The lowest BCUT2D eigenvalue weighted by molar-refractivity contribution is -0.716. The van der Waals surface area contributed by atoms with E-state index in [0.29, 0.717) is 48.2 Å². The summed E-state index contributed by atoms with van der Waals surface area (Å²) in [7, 11) is 2.08. The second-order valence-electron chi connectivity index (χ2n) is 22.7. The van der Waals surface area contributed by atoms with Gasteiger partial charge in [-0.3, -0.25) is 15.3 Å². The van der Waals surface area contributed by atoms with Crippen molar-refractivity contribution in [2.75, 3.05) is 46.6 Å². The van der Waals surface area contributed by atoms with E-state index in [-0.39, 0.29) is 54.6 Å². The highest BCUT2D eigenvalue weighted by atomic mass is 16.7. The fourth-order valence-electron chi connectivity index (χ4n) is 15.0. The monoisotopic (exact) mass is 881 g/mol. The highest BCUT2D eigenvalue weighted by Gasteiger charge is 2.87. The van der Waals surface area contributed by atoms with Crippen LogP contribution in [0.3, 0.4) is 0 Å². The summed E-state index contributed by atoms with van der Waals surface area (Å²) < 4.78 is 13.1. The second-order valence-corrected chi connectivity index (χ2v) is 22.7. The number of aliphatic hydroxyl groups excluding tert-OH is 1. The molecule has 63 heavy (non-hydrogen) atoms. The number of aliphatic hydroxyl groups is 1. The van der Waals surface area contributed by atoms with Gasteiger partial charge in [-0.05, 0) is 131 Å². The minimum Gasteiger partial charge on any atom is -0.463 e. The van der Waals surface area contributed by atoms with Crippen molar-refractivity contribution < 1.29 is 50.2 Å². The van der Waals surface area contributed by atoms with Gasteiger partial charge in [0, 0.05) is 49.4 Å². The molecule has 8 aliphatic rings. The van der Waals surface area contributed by atoms with Crippen LogP contribution >= 0.6 is 0 Å². The molecule has 4 saturated heterocycles. The quantitative estimate of drug-likeness (QED) is 0.0476. The number of esters is 1. The molecular weight excluding hydrogens is 793 g/mol. The maximum atomic E-state index is 15.6. The summed E-state index contributed by atoms with van der Waals surface area (Å²) in [6.07, 6.45) is 24.1. The molecule has 15 unspecified atom stereocenters. The number of carbonyl (C=O) groups is 3. The number of fused-ring (bicyclic) bond motifs is 1. The molecule has 15 atom stereocenters. The minimum atomic E-state index is -1.95. The summed E-state index contributed by atoms with van der Waals surface area (Å²) in [5.74, 6) is 1.05. The van der Waals surface area contributed by atoms with Gasteiger partial charge in [0.05, 0.1) is 45.9 Å². The average molecular weight is 881 g/mol. The van der Waals surface area contributed by atoms with E-state index >= 15 is 14.4 Å². The first-order chi connectivity index (χ1) is 30.4. The van der Waals surface area contributed by atoms with Gasteiger partial charge in [0.15, 0.2) is 17.2 Å². The lowest BCUT2D eigenvalue weighted by atomic mass is 9.55. The third-order valence-corrected chi connectivity index (χ3v) is 18.4. The zero-order valence-corrected chi connectivity index (χ0v) is 39.6. The van der Waals surface area contributed by atoms with Crippen molar-refractivity contribution in [2.24, 2.45) is 64.4 Å². The molecule has 0 aromatic carbocycles. The molecule has 0 radical (unpaired) electrons. The van der Waals surface area contributed by atoms with E-state index in [0.717, 1.165) is 127 Å². The van der Waals surface area contributed by atoms with E-state index in [1.54, 1.807) is 0 Å². The van der Waals surface area contributed by atoms with Gasteiger partial charge in [-0.2, -0.15) is 0 Å². The molecular formula is C51H88N6O6+4. The number of ether oxygens (including phenoxy) is 2. The van der Waals surface area contributed by atoms with Crippen LogP contribution in [0.15, 0.2) is 23.3 Å². The fraction of sp³-hybridized carbons (Fsp3) is 0.863. The van der Waals surface area contributed by atoms with Gasteiger partial charge in [-0.15, -0.1) is 0 Å². The first kappa shape index (κ1) is 47.5. The van der Waals surface area contributed by atoms with Crippen molar-refractivity contribution in [2.45, 2.75) is 172 Å². The molecule has 3 saturated carbocycles. The maximum absolute atomic E-state index is 15.6. The van der Waals surface area contributed by atoms with Gasteiger partial charge in [-0.25, -0.2) is 10.1 Å². The predicted molar refractivity (Wildman–Crippen MR) is 241 cm³/mol. The summed E-state index contributed by atoms with van der Waals surface area (Å²) in [6.45, 7) is 10.7. The number of Topliss-reactive ketones (excluding diaryl/α,β-unsaturated/α-hetero) is 2. The standard InChI is InChI=1S/C51H84N6O6/c1-5-54-42-24-36-12-8-11-35-10-6-7-20-49(3,25-34-17-18-43(52)56-28-34)26-37-13-9-14-40-45(37)47(60)51(48(61)62-30-38(42)23-41(35)36)50(63-51,46(40)59)27-39(29-58)32(2)15-16-33-19-21-55-44(22-33)57-31-53-4/h8,12,33-38,40-45,53-58H,5-7,9-11,13-31,52H2,1-4H3/p+4. The van der Waals surface area contributed by atoms with Crippen molar-refractivity contribution in [1.82, 2.24) is 5.32 Å². The summed E-state index contributed by atoms with van der Waals surface area (Å²) >= 11 is 0. The molecule has 12 nitrogen and oxygen atoms in total. The van der Waals surface area contributed by atoms with Crippen LogP contribution in [0.4, 0.5) is 0 Å². The Kier molecular flexibility index (Phi) is 15.4. The summed E-state index contributed by atoms with van der Waals surface area (Å²) in [5, 5.41) is 23.9. The lowest BCUT2D eigenvalue weighted by Crippen LogP contribution is -2.97. The van der Waals surface area contributed by atoms with Crippen LogP contribution in [0, 0.1) is 58.7 Å². The number of piperidine rings is 2. The van der Waals surface area contributed by atoms with Crippen LogP contribution in [0.1, 0.15) is 143 Å². The van der Waals surface area contributed by atoms with E-state index in [1.165, 1.54) is 19.3 Å². The zero-order chi connectivity index (χ0) is 44.4. The third-order valence-electron chi connectivity index (χ3n) is 18.4. The fourth-order valence-corrected chi connectivity index (χ4v) is 15.0. The highest BCUT2D eigenvalue weighted by Crippen LogP contribution is 2.64. The molecule has 0 aromatic heterocycles. The van der Waals surface area contributed by atoms with E-state index in [1.807, 2.05) is 0 Å². The highest BCUT2D eigenvalue weighted by molar-refractivity contribution is 6.23. The van der Waals surface area contributed by atoms with E-state index < -0.39 is 29.0 Å². The lowest BCUT2D eigenvalue weighted by Gasteiger charge is -2.45. The number of nitrogens with two attached hydrogens (primary N) is 5. The number of hydrogen-bond acceptors (Lipinski definition) is 8. The van der Waals surface area contributed by atoms with E-state index in [4.69, 9.17) is 15.2 Å². The molecule has 4 bridgehead atoms. The van der Waals surface area contributed by atoms with Crippen molar-refractivity contribution >= 4 is 17.5 Å². The molecule has 0 aromatic rings. The Morgan fingerprint density at radius 2 is 1.83 bits per heavy atom. The van der Waals surface area contributed by atoms with Crippen LogP contribution < -0.4 is 32.3 Å². The van der Waals surface area contributed by atoms with Gasteiger partial charge in [0.2, 0.25) is 0 Å². The second kappa shape index (κ2) is 20.5. The van der Waals surface area contributed by atoms with Gasteiger partial charge >= 0.3 is 5.97 Å². The van der Waals surface area contributed by atoms with Crippen molar-refractivity contribution in [3.05, 3.63) is 23.3 Å². The normalized spacial score (nSPS) is 43.6.